The second-order valence-electron chi connectivity index (χ2n) is 4.46. The molecule has 0 aliphatic rings. The first kappa shape index (κ1) is 14.4. The van der Waals surface area contributed by atoms with Crippen molar-refractivity contribution >= 4 is 11.6 Å². The van der Waals surface area contributed by atoms with Gasteiger partial charge in [0.05, 0.1) is 0 Å². The fourth-order valence-electron chi connectivity index (χ4n) is 1.94. The standard InChI is InChI=1S/C13H19ClFNO/c1-9(8-17-2)6-10(16)7-11-12(14)4-3-5-13(11)15/h3-5,9-10H,6-8,16H2,1-2H3. The van der Waals surface area contributed by atoms with Gasteiger partial charge < -0.3 is 10.5 Å². The molecule has 1 rings (SSSR count). The monoisotopic (exact) mass is 259 g/mol. The molecule has 0 aromatic heterocycles. The van der Waals surface area contributed by atoms with E-state index >= 15 is 0 Å². The highest BCUT2D eigenvalue weighted by atomic mass is 35.5. The van der Waals surface area contributed by atoms with Gasteiger partial charge in [0.25, 0.3) is 0 Å². The Balaban J connectivity index is 2.59. The highest BCUT2D eigenvalue weighted by Crippen LogP contribution is 2.21. The van der Waals surface area contributed by atoms with E-state index in [1.54, 1.807) is 19.2 Å². The van der Waals surface area contributed by atoms with E-state index in [9.17, 15) is 4.39 Å². The van der Waals surface area contributed by atoms with Gasteiger partial charge in [-0.1, -0.05) is 24.6 Å². The lowest BCUT2D eigenvalue weighted by Crippen LogP contribution is -2.27. The summed E-state index contributed by atoms with van der Waals surface area (Å²) in [5, 5.41) is 0.444. The maximum absolute atomic E-state index is 13.5. The third-order valence-electron chi connectivity index (χ3n) is 2.68. The Morgan fingerprint density at radius 3 is 2.76 bits per heavy atom. The second kappa shape index (κ2) is 6.94. The molecule has 2 nitrogen and oxygen atoms in total. The minimum absolute atomic E-state index is 0.102. The molecular formula is C13H19ClFNO. The fraction of sp³-hybridized carbons (Fsp3) is 0.538. The van der Waals surface area contributed by atoms with Crippen LogP contribution < -0.4 is 5.73 Å². The SMILES string of the molecule is COCC(C)CC(N)Cc1c(F)cccc1Cl. The minimum Gasteiger partial charge on any atom is -0.384 e. The lowest BCUT2D eigenvalue weighted by molar-refractivity contribution is 0.152. The summed E-state index contributed by atoms with van der Waals surface area (Å²) in [5.74, 6) is 0.0768. The van der Waals surface area contributed by atoms with Crippen LogP contribution in [0, 0.1) is 11.7 Å². The lowest BCUT2D eigenvalue weighted by atomic mass is 9.97. The number of hydrogen-bond donors (Lipinski definition) is 1. The van der Waals surface area contributed by atoms with E-state index in [-0.39, 0.29) is 11.9 Å². The van der Waals surface area contributed by atoms with E-state index in [4.69, 9.17) is 22.1 Å². The molecule has 1 aromatic rings. The summed E-state index contributed by atoms with van der Waals surface area (Å²) in [6, 6.07) is 4.59. The molecule has 4 heteroatoms. The first-order valence-corrected chi connectivity index (χ1v) is 6.09. The largest absolute Gasteiger partial charge is 0.384 e. The third-order valence-corrected chi connectivity index (χ3v) is 3.04. The van der Waals surface area contributed by atoms with Gasteiger partial charge in [-0.05, 0) is 30.9 Å². The Morgan fingerprint density at radius 2 is 2.18 bits per heavy atom. The maximum atomic E-state index is 13.5. The van der Waals surface area contributed by atoms with E-state index < -0.39 is 0 Å². The zero-order chi connectivity index (χ0) is 12.8. The van der Waals surface area contributed by atoms with E-state index in [2.05, 4.69) is 6.92 Å². The number of rotatable bonds is 6. The van der Waals surface area contributed by atoms with Crippen LogP contribution in [0.25, 0.3) is 0 Å². The van der Waals surface area contributed by atoms with Crippen molar-refractivity contribution in [1.82, 2.24) is 0 Å². The van der Waals surface area contributed by atoms with Crippen molar-refractivity contribution in [2.75, 3.05) is 13.7 Å². The van der Waals surface area contributed by atoms with Gasteiger partial charge in [-0.3, -0.25) is 0 Å². The predicted molar refractivity (Wildman–Crippen MR) is 68.7 cm³/mol. The van der Waals surface area contributed by atoms with Gasteiger partial charge in [0.15, 0.2) is 0 Å². The molecule has 0 heterocycles. The highest BCUT2D eigenvalue weighted by Gasteiger charge is 2.14. The number of nitrogens with two attached hydrogens (primary N) is 1. The molecule has 2 unspecified atom stereocenters. The molecule has 0 amide bonds. The Labute approximate surface area is 107 Å². The summed E-state index contributed by atoms with van der Waals surface area (Å²) in [7, 11) is 1.66. The summed E-state index contributed by atoms with van der Waals surface area (Å²) < 4.78 is 18.6. The van der Waals surface area contributed by atoms with Crippen molar-refractivity contribution < 1.29 is 9.13 Å². The molecule has 0 saturated carbocycles. The Hall–Kier alpha value is -0.640. The second-order valence-corrected chi connectivity index (χ2v) is 4.87. The van der Waals surface area contributed by atoms with Crippen LogP contribution in [0.2, 0.25) is 5.02 Å². The summed E-state index contributed by atoms with van der Waals surface area (Å²) in [6.45, 7) is 2.73. The molecule has 0 bridgehead atoms. The summed E-state index contributed by atoms with van der Waals surface area (Å²) in [5.41, 5.74) is 6.50. The van der Waals surface area contributed by atoms with Crippen LogP contribution in [0.5, 0.6) is 0 Å². The van der Waals surface area contributed by atoms with Crippen LogP contribution in [0.3, 0.4) is 0 Å². The average Bonchev–Trinajstić information content (AvgIpc) is 2.24. The highest BCUT2D eigenvalue weighted by molar-refractivity contribution is 6.31. The van der Waals surface area contributed by atoms with Crippen LogP contribution in [-0.4, -0.2) is 19.8 Å². The summed E-state index contributed by atoms with van der Waals surface area (Å²) in [4.78, 5) is 0. The summed E-state index contributed by atoms with van der Waals surface area (Å²) in [6.07, 6.45) is 1.25. The molecule has 0 aliphatic heterocycles. The number of hydrogen-bond acceptors (Lipinski definition) is 2. The molecule has 96 valence electrons. The maximum Gasteiger partial charge on any atom is 0.127 e. The normalized spacial score (nSPS) is 14.6. The molecule has 0 radical (unpaired) electrons. The van der Waals surface area contributed by atoms with Crippen LogP contribution in [0.4, 0.5) is 4.39 Å². The van der Waals surface area contributed by atoms with Crippen molar-refractivity contribution in [3.63, 3.8) is 0 Å². The zero-order valence-electron chi connectivity index (χ0n) is 10.2. The first-order valence-electron chi connectivity index (χ1n) is 5.72. The molecule has 2 atom stereocenters. The van der Waals surface area contributed by atoms with Crippen molar-refractivity contribution in [1.29, 1.82) is 0 Å². The number of ether oxygens (including phenoxy) is 1. The van der Waals surface area contributed by atoms with Gasteiger partial charge in [0.1, 0.15) is 5.82 Å². The lowest BCUT2D eigenvalue weighted by Gasteiger charge is -2.17. The van der Waals surface area contributed by atoms with Crippen LogP contribution >= 0.6 is 11.6 Å². The van der Waals surface area contributed by atoms with Crippen LogP contribution in [0.1, 0.15) is 18.9 Å². The average molecular weight is 260 g/mol. The van der Waals surface area contributed by atoms with E-state index in [0.717, 1.165) is 6.42 Å². The fourth-order valence-corrected chi connectivity index (χ4v) is 2.18. The first-order chi connectivity index (χ1) is 8.04. The summed E-state index contributed by atoms with van der Waals surface area (Å²) >= 11 is 5.95. The number of halogens is 2. The van der Waals surface area contributed by atoms with Crippen molar-refractivity contribution in [2.45, 2.75) is 25.8 Å². The molecule has 0 spiro atoms. The molecule has 0 saturated heterocycles. The molecule has 2 N–H and O–H groups in total. The molecule has 0 aliphatic carbocycles. The molecule has 17 heavy (non-hydrogen) atoms. The Kier molecular flexibility index (Phi) is 5.89. The van der Waals surface area contributed by atoms with Crippen molar-refractivity contribution in [3.05, 3.63) is 34.6 Å². The Morgan fingerprint density at radius 1 is 1.47 bits per heavy atom. The van der Waals surface area contributed by atoms with Gasteiger partial charge in [0, 0.05) is 30.3 Å². The van der Waals surface area contributed by atoms with Gasteiger partial charge in [0.2, 0.25) is 0 Å². The predicted octanol–water partition coefficient (Wildman–Crippen LogP) is 3.02. The molecular weight excluding hydrogens is 241 g/mol. The smallest absolute Gasteiger partial charge is 0.127 e. The quantitative estimate of drug-likeness (QED) is 0.852. The minimum atomic E-state index is -0.285. The number of benzene rings is 1. The van der Waals surface area contributed by atoms with Gasteiger partial charge in [-0.2, -0.15) is 0 Å². The van der Waals surface area contributed by atoms with Gasteiger partial charge in [-0.25, -0.2) is 4.39 Å². The topological polar surface area (TPSA) is 35.2 Å². The van der Waals surface area contributed by atoms with Crippen LogP contribution in [0.15, 0.2) is 18.2 Å². The van der Waals surface area contributed by atoms with E-state index in [0.29, 0.717) is 29.5 Å². The van der Waals surface area contributed by atoms with E-state index in [1.807, 2.05) is 0 Å². The third kappa shape index (κ3) is 4.62. The van der Waals surface area contributed by atoms with Gasteiger partial charge >= 0.3 is 0 Å². The zero-order valence-corrected chi connectivity index (χ0v) is 11.0. The van der Waals surface area contributed by atoms with Gasteiger partial charge in [-0.15, -0.1) is 0 Å². The Bertz CT molecular complexity index is 339. The van der Waals surface area contributed by atoms with Crippen molar-refractivity contribution in [2.24, 2.45) is 11.7 Å². The molecule has 1 aromatic carbocycles. The molecule has 0 fully saturated rings. The number of methoxy groups -OCH3 is 1. The van der Waals surface area contributed by atoms with Crippen LogP contribution in [-0.2, 0) is 11.2 Å². The van der Waals surface area contributed by atoms with E-state index in [1.165, 1.54) is 6.07 Å². The van der Waals surface area contributed by atoms with Crippen molar-refractivity contribution in [3.8, 4) is 0 Å².